The molecule has 0 aromatic carbocycles. The molecule has 5 fully saturated rings. The van der Waals surface area contributed by atoms with Crippen LogP contribution in [0.3, 0.4) is 0 Å². The Hall–Kier alpha value is -1.33. The van der Waals surface area contributed by atoms with Gasteiger partial charge in [-0.25, -0.2) is 9.97 Å². The minimum absolute atomic E-state index is 0.257. The molecule has 1 aromatic heterocycles. The summed E-state index contributed by atoms with van der Waals surface area (Å²) in [4.78, 5) is 24.1. The van der Waals surface area contributed by atoms with Gasteiger partial charge in [0.1, 0.15) is 12.1 Å². The number of rotatable bonds is 3. The van der Waals surface area contributed by atoms with Crippen LogP contribution in [0.5, 0.6) is 0 Å². The Kier molecular flexibility index (Phi) is 8.63. The van der Waals surface area contributed by atoms with E-state index < -0.39 is 0 Å². The molecule has 1 spiro atoms. The first kappa shape index (κ1) is 24.3. The highest BCUT2D eigenvalue weighted by molar-refractivity contribution is 5.83. The number of hydrogen-bond acceptors (Lipinski definition) is 5. The zero-order valence-corrected chi connectivity index (χ0v) is 20.5. The van der Waals surface area contributed by atoms with Crippen LogP contribution in [0.1, 0.15) is 72.6 Å². The summed E-state index contributed by atoms with van der Waals surface area (Å²) in [5.41, 5.74) is 0.662. The van der Waals surface area contributed by atoms with E-state index in [0.717, 1.165) is 18.0 Å². The Morgan fingerprint density at radius 1 is 1.00 bits per heavy atom. The molecule has 2 aliphatic carbocycles. The van der Waals surface area contributed by atoms with E-state index in [-0.39, 0.29) is 5.92 Å². The first-order valence-electron chi connectivity index (χ1n) is 12.5. The molecule has 1 aromatic rings. The maximum atomic E-state index is 11.6. The lowest BCUT2D eigenvalue weighted by molar-refractivity contribution is -0.137. The summed E-state index contributed by atoms with van der Waals surface area (Å²) in [7, 11) is 2.29. The Labute approximate surface area is 190 Å². The van der Waals surface area contributed by atoms with Crippen molar-refractivity contribution in [2.24, 2.45) is 23.2 Å². The molecule has 6 rings (SSSR count). The number of hydrogen-bond donors (Lipinski definition) is 0. The number of Topliss-reactive ketones (excluding diaryl/α,β-unsaturated/α-hetero) is 1. The van der Waals surface area contributed by atoms with Gasteiger partial charge in [-0.15, -0.1) is 0 Å². The average molecular weight is 429 g/mol. The molecule has 2 unspecified atom stereocenters. The maximum Gasteiger partial charge on any atom is 0.138 e. The van der Waals surface area contributed by atoms with Crippen molar-refractivity contribution >= 4 is 5.78 Å². The van der Waals surface area contributed by atoms with Crippen LogP contribution in [0.2, 0.25) is 0 Å². The normalized spacial score (nSPS) is 27.5. The SMILES string of the molecule is CC(C)C(=O)C1CC2(CCC2)C1.CC(C)N1CC2CCC(C1)N(C)C2.c1cncnc1. The van der Waals surface area contributed by atoms with Crippen molar-refractivity contribution in [3.63, 3.8) is 0 Å². The molecule has 2 saturated carbocycles. The van der Waals surface area contributed by atoms with Crippen molar-refractivity contribution in [1.29, 1.82) is 0 Å². The van der Waals surface area contributed by atoms with Gasteiger partial charge in [0, 0.05) is 55.9 Å². The topological polar surface area (TPSA) is 49.3 Å². The zero-order valence-electron chi connectivity index (χ0n) is 20.5. The second-order valence-electron chi connectivity index (χ2n) is 11.0. The Bertz CT molecular complexity index is 639. The minimum atomic E-state index is 0.257. The van der Waals surface area contributed by atoms with Crippen LogP contribution >= 0.6 is 0 Å². The van der Waals surface area contributed by atoms with Crippen LogP contribution in [0, 0.1) is 23.2 Å². The number of fused-ring (bicyclic) bond motifs is 4. The van der Waals surface area contributed by atoms with E-state index in [1.165, 1.54) is 70.9 Å². The molecule has 174 valence electrons. The van der Waals surface area contributed by atoms with Crippen LogP contribution in [0.15, 0.2) is 24.8 Å². The third kappa shape index (κ3) is 6.58. The average Bonchev–Trinajstić information content (AvgIpc) is 3.00. The molecule has 3 aliphatic heterocycles. The number of aromatic nitrogens is 2. The van der Waals surface area contributed by atoms with Crippen LogP contribution in [-0.4, -0.2) is 64.3 Å². The van der Waals surface area contributed by atoms with Gasteiger partial charge in [0.05, 0.1) is 0 Å². The molecular formula is C26H44N4O. The number of nitrogens with zero attached hydrogens (tertiary/aromatic N) is 4. The van der Waals surface area contributed by atoms with Gasteiger partial charge in [0.2, 0.25) is 0 Å². The minimum Gasteiger partial charge on any atom is -0.302 e. The lowest BCUT2D eigenvalue weighted by atomic mass is 9.50. The van der Waals surface area contributed by atoms with E-state index >= 15 is 0 Å². The summed E-state index contributed by atoms with van der Waals surface area (Å²) >= 11 is 0. The number of piperidine rings is 1. The van der Waals surface area contributed by atoms with E-state index in [0.29, 0.717) is 17.1 Å². The lowest BCUT2D eigenvalue weighted by Gasteiger charge is -2.54. The highest BCUT2D eigenvalue weighted by Crippen LogP contribution is 2.59. The Morgan fingerprint density at radius 2 is 1.68 bits per heavy atom. The number of ketones is 1. The summed E-state index contributed by atoms with van der Waals surface area (Å²) in [6.45, 7) is 12.6. The number of carbonyl (C=O) groups excluding carboxylic acids is 1. The summed E-state index contributed by atoms with van der Waals surface area (Å²) in [6, 6.07) is 3.34. The van der Waals surface area contributed by atoms with Crippen LogP contribution in [0.25, 0.3) is 0 Å². The van der Waals surface area contributed by atoms with Gasteiger partial charge in [-0.3, -0.25) is 9.69 Å². The fraction of sp³-hybridized carbons (Fsp3) is 0.808. The predicted octanol–water partition coefficient (Wildman–Crippen LogP) is 4.69. The summed E-state index contributed by atoms with van der Waals surface area (Å²) < 4.78 is 0. The standard InChI is InChI=1S/C11H22N2.C11H18O.C4H4N2/c1-9(2)13-7-10-4-5-11(8-13)12(3)6-10;1-8(2)10(12)9-6-11(7-9)4-3-5-11;1-2-5-4-6-3-1/h9-11H,4-8H2,1-3H3;8-9H,3-7H2,1-2H3;1-4H. The van der Waals surface area contributed by atoms with E-state index in [4.69, 9.17) is 0 Å². The Morgan fingerprint density at radius 3 is 2.10 bits per heavy atom. The third-order valence-electron chi connectivity index (χ3n) is 7.97. The van der Waals surface area contributed by atoms with Crippen LogP contribution in [0.4, 0.5) is 0 Å². The third-order valence-corrected chi connectivity index (χ3v) is 7.97. The summed E-state index contributed by atoms with van der Waals surface area (Å²) in [5, 5.41) is 0. The van der Waals surface area contributed by atoms with Crippen LogP contribution in [-0.2, 0) is 4.79 Å². The maximum absolute atomic E-state index is 11.6. The molecular weight excluding hydrogens is 384 g/mol. The van der Waals surface area contributed by atoms with Crippen molar-refractivity contribution in [3.05, 3.63) is 24.8 Å². The van der Waals surface area contributed by atoms with Gasteiger partial charge in [0.15, 0.2) is 0 Å². The fourth-order valence-corrected chi connectivity index (χ4v) is 5.77. The quantitative estimate of drug-likeness (QED) is 0.699. The van der Waals surface area contributed by atoms with E-state index in [1.807, 2.05) is 13.8 Å². The second-order valence-corrected chi connectivity index (χ2v) is 11.0. The summed E-state index contributed by atoms with van der Waals surface area (Å²) in [6.07, 6.45) is 14.4. The van der Waals surface area contributed by atoms with Crippen molar-refractivity contribution in [2.45, 2.75) is 84.7 Å². The second kappa shape index (κ2) is 11.0. The molecule has 31 heavy (non-hydrogen) atoms. The first-order valence-corrected chi connectivity index (χ1v) is 12.5. The Balaban J connectivity index is 0.000000140. The van der Waals surface area contributed by atoms with E-state index in [1.54, 1.807) is 18.5 Å². The largest absolute Gasteiger partial charge is 0.302 e. The molecule has 5 aliphatic rings. The number of carbonyl (C=O) groups is 1. The van der Waals surface area contributed by atoms with Crippen molar-refractivity contribution in [2.75, 3.05) is 26.7 Å². The fourth-order valence-electron chi connectivity index (χ4n) is 5.77. The van der Waals surface area contributed by atoms with Gasteiger partial charge in [-0.05, 0) is 76.8 Å². The first-order chi connectivity index (χ1) is 14.8. The van der Waals surface area contributed by atoms with Gasteiger partial charge < -0.3 is 4.90 Å². The van der Waals surface area contributed by atoms with E-state index in [2.05, 4.69) is 40.7 Å². The zero-order chi connectivity index (χ0) is 22.4. The van der Waals surface area contributed by atoms with Crippen molar-refractivity contribution in [3.8, 4) is 0 Å². The number of likely N-dealkylation sites (N-methyl/N-ethyl adjacent to an activating group) is 1. The molecule has 0 amide bonds. The highest BCUT2D eigenvalue weighted by Gasteiger charge is 2.50. The monoisotopic (exact) mass is 428 g/mol. The molecule has 0 radical (unpaired) electrons. The molecule has 2 atom stereocenters. The molecule has 5 heteroatoms. The van der Waals surface area contributed by atoms with E-state index in [9.17, 15) is 4.79 Å². The summed E-state index contributed by atoms with van der Waals surface area (Å²) in [5.74, 6) is 2.14. The molecule has 0 N–H and O–H groups in total. The molecule has 2 bridgehead atoms. The molecule has 5 nitrogen and oxygen atoms in total. The highest BCUT2D eigenvalue weighted by atomic mass is 16.1. The smallest absolute Gasteiger partial charge is 0.138 e. The van der Waals surface area contributed by atoms with Crippen LogP contribution < -0.4 is 0 Å². The molecule has 4 heterocycles. The van der Waals surface area contributed by atoms with Gasteiger partial charge in [-0.2, -0.15) is 0 Å². The van der Waals surface area contributed by atoms with Gasteiger partial charge in [-0.1, -0.05) is 20.3 Å². The van der Waals surface area contributed by atoms with Crippen molar-refractivity contribution in [1.82, 2.24) is 19.8 Å². The van der Waals surface area contributed by atoms with Gasteiger partial charge >= 0.3 is 0 Å². The molecule has 3 saturated heterocycles. The van der Waals surface area contributed by atoms with Gasteiger partial charge in [0.25, 0.3) is 0 Å². The lowest BCUT2D eigenvalue weighted by Crippen LogP contribution is -2.46. The van der Waals surface area contributed by atoms with Crippen molar-refractivity contribution < 1.29 is 4.79 Å². The predicted molar refractivity (Wildman–Crippen MR) is 127 cm³/mol.